The minimum absolute atomic E-state index is 0.700. The van der Waals surface area contributed by atoms with Gasteiger partial charge in [0.1, 0.15) is 0 Å². The standard InChI is InChI=1S/C16H16ClN/c17-14-6-8-15(9-7-14)18(16-10-11-16)12-13-4-2-1-3-5-13/h1-9,16H,10-12H2. The van der Waals surface area contributed by atoms with E-state index in [1.54, 1.807) is 0 Å². The molecule has 1 saturated carbocycles. The average Bonchev–Trinajstić information content (AvgIpc) is 3.23. The summed E-state index contributed by atoms with van der Waals surface area (Å²) < 4.78 is 0. The largest absolute Gasteiger partial charge is 0.364 e. The Kier molecular flexibility index (Phi) is 3.24. The maximum Gasteiger partial charge on any atom is 0.0432 e. The van der Waals surface area contributed by atoms with Gasteiger partial charge < -0.3 is 4.90 Å². The van der Waals surface area contributed by atoms with Gasteiger partial charge in [0.25, 0.3) is 0 Å². The van der Waals surface area contributed by atoms with Crippen LogP contribution in [0.1, 0.15) is 18.4 Å². The van der Waals surface area contributed by atoms with E-state index >= 15 is 0 Å². The second-order valence-corrected chi connectivity index (χ2v) is 5.26. The molecule has 0 radical (unpaired) electrons. The highest BCUT2D eigenvalue weighted by molar-refractivity contribution is 6.30. The molecule has 2 aromatic carbocycles. The molecule has 92 valence electrons. The summed E-state index contributed by atoms with van der Waals surface area (Å²) in [5, 5.41) is 0.800. The van der Waals surface area contributed by atoms with Crippen molar-refractivity contribution in [1.82, 2.24) is 0 Å². The summed E-state index contributed by atoms with van der Waals surface area (Å²) in [5.74, 6) is 0. The van der Waals surface area contributed by atoms with E-state index in [1.165, 1.54) is 24.1 Å². The third-order valence-electron chi connectivity index (χ3n) is 3.34. The molecule has 0 atom stereocenters. The van der Waals surface area contributed by atoms with E-state index < -0.39 is 0 Å². The van der Waals surface area contributed by atoms with E-state index in [-0.39, 0.29) is 0 Å². The Labute approximate surface area is 113 Å². The van der Waals surface area contributed by atoms with Gasteiger partial charge in [0, 0.05) is 23.3 Å². The first-order valence-electron chi connectivity index (χ1n) is 6.39. The van der Waals surface area contributed by atoms with Gasteiger partial charge in [0.2, 0.25) is 0 Å². The number of anilines is 1. The van der Waals surface area contributed by atoms with E-state index in [0.29, 0.717) is 6.04 Å². The molecule has 0 unspecified atom stereocenters. The van der Waals surface area contributed by atoms with Gasteiger partial charge in [-0.2, -0.15) is 0 Å². The zero-order chi connectivity index (χ0) is 12.4. The van der Waals surface area contributed by atoms with E-state index in [9.17, 15) is 0 Å². The molecule has 0 saturated heterocycles. The summed E-state index contributed by atoms with van der Waals surface area (Å²) in [6.07, 6.45) is 2.60. The fourth-order valence-corrected chi connectivity index (χ4v) is 2.36. The van der Waals surface area contributed by atoms with Crippen molar-refractivity contribution in [3.05, 3.63) is 65.2 Å². The molecule has 3 rings (SSSR count). The van der Waals surface area contributed by atoms with E-state index in [1.807, 2.05) is 12.1 Å². The first kappa shape index (κ1) is 11.6. The zero-order valence-electron chi connectivity index (χ0n) is 10.2. The molecule has 18 heavy (non-hydrogen) atoms. The van der Waals surface area contributed by atoms with Gasteiger partial charge in [-0.15, -0.1) is 0 Å². The molecule has 1 aliphatic carbocycles. The van der Waals surface area contributed by atoms with Crippen LogP contribution in [0.4, 0.5) is 5.69 Å². The van der Waals surface area contributed by atoms with Crippen LogP contribution in [-0.2, 0) is 6.54 Å². The van der Waals surface area contributed by atoms with E-state index in [0.717, 1.165) is 11.6 Å². The smallest absolute Gasteiger partial charge is 0.0432 e. The highest BCUT2D eigenvalue weighted by Crippen LogP contribution is 2.33. The Hall–Kier alpha value is -1.47. The quantitative estimate of drug-likeness (QED) is 0.779. The van der Waals surface area contributed by atoms with E-state index in [2.05, 4.69) is 47.4 Å². The van der Waals surface area contributed by atoms with Gasteiger partial charge in [0.15, 0.2) is 0 Å². The van der Waals surface area contributed by atoms with Gasteiger partial charge in [0.05, 0.1) is 0 Å². The maximum absolute atomic E-state index is 5.95. The average molecular weight is 258 g/mol. The van der Waals surface area contributed by atoms with Crippen LogP contribution in [0.15, 0.2) is 54.6 Å². The van der Waals surface area contributed by atoms with Gasteiger partial charge in [-0.3, -0.25) is 0 Å². The zero-order valence-corrected chi connectivity index (χ0v) is 11.0. The maximum atomic E-state index is 5.95. The van der Waals surface area contributed by atoms with Crippen molar-refractivity contribution in [1.29, 1.82) is 0 Å². The van der Waals surface area contributed by atoms with Crippen LogP contribution in [0, 0.1) is 0 Å². The lowest BCUT2D eigenvalue weighted by Gasteiger charge is -2.25. The molecular formula is C16H16ClN. The second kappa shape index (κ2) is 5.03. The fraction of sp³-hybridized carbons (Fsp3) is 0.250. The lowest BCUT2D eigenvalue weighted by Crippen LogP contribution is -2.24. The Morgan fingerprint density at radius 1 is 0.944 bits per heavy atom. The molecule has 0 aromatic heterocycles. The van der Waals surface area contributed by atoms with Crippen molar-refractivity contribution < 1.29 is 0 Å². The molecule has 1 nitrogen and oxygen atoms in total. The van der Waals surface area contributed by atoms with Crippen molar-refractivity contribution >= 4 is 17.3 Å². The molecular weight excluding hydrogens is 242 g/mol. The Morgan fingerprint density at radius 3 is 2.22 bits per heavy atom. The molecule has 0 spiro atoms. The monoisotopic (exact) mass is 257 g/mol. The molecule has 0 aliphatic heterocycles. The van der Waals surface area contributed by atoms with Crippen LogP contribution in [0.3, 0.4) is 0 Å². The van der Waals surface area contributed by atoms with Crippen LogP contribution in [-0.4, -0.2) is 6.04 Å². The van der Waals surface area contributed by atoms with Crippen LogP contribution in [0.2, 0.25) is 5.02 Å². The Balaban J connectivity index is 1.82. The summed E-state index contributed by atoms with van der Waals surface area (Å²) in [5.41, 5.74) is 2.63. The topological polar surface area (TPSA) is 3.24 Å². The Bertz CT molecular complexity index is 502. The first-order valence-corrected chi connectivity index (χ1v) is 6.77. The predicted octanol–water partition coefficient (Wildman–Crippen LogP) is 4.51. The van der Waals surface area contributed by atoms with Gasteiger partial charge >= 0.3 is 0 Å². The van der Waals surface area contributed by atoms with Gasteiger partial charge in [-0.25, -0.2) is 0 Å². The highest BCUT2D eigenvalue weighted by Gasteiger charge is 2.29. The van der Waals surface area contributed by atoms with Crippen LogP contribution in [0.5, 0.6) is 0 Å². The van der Waals surface area contributed by atoms with E-state index in [4.69, 9.17) is 11.6 Å². The molecule has 1 aliphatic rings. The number of halogens is 1. The first-order chi connectivity index (χ1) is 8.83. The third kappa shape index (κ3) is 2.68. The van der Waals surface area contributed by atoms with Gasteiger partial charge in [-0.05, 0) is 42.7 Å². The van der Waals surface area contributed by atoms with Crippen LogP contribution in [0.25, 0.3) is 0 Å². The third-order valence-corrected chi connectivity index (χ3v) is 3.59. The SMILES string of the molecule is Clc1ccc(N(Cc2ccccc2)C2CC2)cc1. The summed E-state index contributed by atoms with van der Waals surface area (Å²) in [6, 6.07) is 19.5. The summed E-state index contributed by atoms with van der Waals surface area (Å²) >= 11 is 5.95. The lowest BCUT2D eigenvalue weighted by atomic mass is 10.2. The molecule has 2 heteroatoms. The fourth-order valence-electron chi connectivity index (χ4n) is 2.23. The Morgan fingerprint density at radius 2 is 1.61 bits per heavy atom. The molecule has 2 aromatic rings. The highest BCUT2D eigenvalue weighted by atomic mass is 35.5. The number of rotatable bonds is 4. The predicted molar refractivity (Wildman–Crippen MR) is 77.1 cm³/mol. The molecule has 0 heterocycles. The number of benzene rings is 2. The van der Waals surface area contributed by atoms with Crippen molar-refractivity contribution in [2.75, 3.05) is 4.90 Å². The number of nitrogens with zero attached hydrogens (tertiary/aromatic N) is 1. The number of hydrogen-bond donors (Lipinski definition) is 0. The molecule has 0 bridgehead atoms. The second-order valence-electron chi connectivity index (χ2n) is 4.82. The lowest BCUT2D eigenvalue weighted by molar-refractivity contribution is 0.794. The normalized spacial score (nSPS) is 14.5. The number of hydrogen-bond acceptors (Lipinski definition) is 1. The molecule has 1 fully saturated rings. The summed E-state index contributed by atoms with van der Waals surface area (Å²) in [7, 11) is 0. The molecule has 0 N–H and O–H groups in total. The van der Waals surface area contributed by atoms with Crippen LogP contribution < -0.4 is 4.90 Å². The summed E-state index contributed by atoms with van der Waals surface area (Å²) in [4.78, 5) is 2.48. The minimum Gasteiger partial charge on any atom is -0.364 e. The minimum atomic E-state index is 0.700. The van der Waals surface area contributed by atoms with Crippen molar-refractivity contribution in [3.63, 3.8) is 0 Å². The van der Waals surface area contributed by atoms with Crippen molar-refractivity contribution in [3.8, 4) is 0 Å². The van der Waals surface area contributed by atoms with Crippen molar-refractivity contribution in [2.45, 2.75) is 25.4 Å². The van der Waals surface area contributed by atoms with Crippen LogP contribution >= 0.6 is 11.6 Å². The van der Waals surface area contributed by atoms with Gasteiger partial charge in [-0.1, -0.05) is 41.9 Å². The van der Waals surface area contributed by atoms with Crippen molar-refractivity contribution in [2.24, 2.45) is 0 Å². The summed E-state index contributed by atoms with van der Waals surface area (Å²) in [6.45, 7) is 0.979. The molecule has 0 amide bonds.